The average Bonchev–Trinajstić information content (AvgIpc) is 2.05. The normalized spacial score (nSPS) is 9.73. The first kappa shape index (κ1) is 8.08. The van der Waals surface area contributed by atoms with Gasteiger partial charge in [-0.1, -0.05) is 6.07 Å². The highest BCUT2D eigenvalue weighted by atomic mass is 15.1. The van der Waals surface area contributed by atoms with Crippen LogP contribution in [0.1, 0.15) is 5.56 Å². The minimum absolute atomic E-state index is 0.557. The van der Waals surface area contributed by atoms with Crippen LogP contribution in [-0.2, 0) is 6.54 Å². The van der Waals surface area contributed by atoms with Crippen LogP contribution in [0.4, 0.5) is 5.69 Å². The third-order valence-electron chi connectivity index (χ3n) is 1.58. The van der Waals surface area contributed by atoms with Gasteiger partial charge in [0.05, 0.1) is 0 Å². The van der Waals surface area contributed by atoms with Gasteiger partial charge in [0.2, 0.25) is 0 Å². The van der Waals surface area contributed by atoms with Gasteiger partial charge in [-0.3, -0.25) is 0 Å². The van der Waals surface area contributed by atoms with Crippen molar-refractivity contribution in [2.24, 2.45) is 5.73 Å². The maximum absolute atomic E-state index is 5.47. The van der Waals surface area contributed by atoms with Gasteiger partial charge in [-0.2, -0.15) is 0 Å². The molecule has 1 radical (unpaired) electrons. The van der Waals surface area contributed by atoms with Gasteiger partial charge in [0.15, 0.2) is 0 Å². The van der Waals surface area contributed by atoms with Crippen LogP contribution in [0, 0.1) is 6.07 Å². The molecule has 0 spiro atoms. The van der Waals surface area contributed by atoms with Crippen LogP contribution in [-0.4, -0.2) is 14.1 Å². The van der Waals surface area contributed by atoms with Gasteiger partial charge < -0.3 is 10.6 Å². The molecule has 0 aliphatic rings. The Labute approximate surface area is 67.6 Å². The van der Waals surface area contributed by atoms with E-state index in [1.807, 2.05) is 37.2 Å². The highest BCUT2D eigenvalue weighted by Gasteiger charge is 1.94. The van der Waals surface area contributed by atoms with Gasteiger partial charge in [-0.15, -0.1) is 0 Å². The van der Waals surface area contributed by atoms with Crippen molar-refractivity contribution < 1.29 is 0 Å². The zero-order chi connectivity index (χ0) is 8.27. The van der Waals surface area contributed by atoms with Crippen LogP contribution in [0.25, 0.3) is 0 Å². The fraction of sp³-hybridized carbons (Fsp3) is 0.333. The Balaban J connectivity index is 2.91. The van der Waals surface area contributed by atoms with E-state index in [4.69, 9.17) is 5.73 Å². The predicted molar refractivity (Wildman–Crippen MR) is 47.5 cm³/mol. The highest BCUT2D eigenvalue weighted by molar-refractivity contribution is 5.46. The summed E-state index contributed by atoms with van der Waals surface area (Å²) in [5.74, 6) is 0. The van der Waals surface area contributed by atoms with Gasteiger partial charge >= 0.3 is 0 Å². The molecule has 0 saturated heterocycles. The quantitative estimate of drug-likeness (QED) is 0.680. The molecule has 59 valence electrons. The molecule has 0 aliphatic carbocycles. The molecule has 1 rings (SSSR count). The molecule has 2 N–H and O–H groups in total. The van der Waals surface area contributed by atoms with Crippen molar-refractivity contribution in [2.45, 2.75) is 6.54 Å². The third kappa shape index (κ3) is 1.95. The Morgan fingerprint density at radius 3 is 2.82 bits per heavy atom. The van der Waals surface area contributed by atoms with E-state index in [1.165, 1.54) is 5.69 Å². The van der Waals surface area contributed by atoms with Gasteiger partial charge in [0.1, 0.15) is 0 Å². The van der Waals surface area contributed by atoms with Gasteiger partial charge in [-0.25, -0.2) is 0 Å². The first-order valence-corrected chi connectivity index (χ1v) is 3.62. The molecule has 1 aromatic rings. The molecule has 11 heavy (non-hydrogen) atoms. The molecule has 0 aliphatic heterocycles. The van der Waals surface area contributed by atoms with Gasteiger partial charge in [0, 0.05) is 26.3 Å². The lowest BCUT2D eigenvalue weighted by Crippen LogP contribution is -2.09. The smallest absolute Gasteiger partial charge is 0.0364 e. The van der Waals surface area contributed by atoms with Crippen molar-refractivity contribution in [3.8, 4) is 0 Å². The molecule has 0 bridgehead atoms. The molecule has 0 amide bonds. The number of hydrogen-bond acceptors (Lipinski definition) is 2. The molecule has 0 heterocycles. The Hall–Kier alpha value is -1.02. The number of nitrogens with two attached hydrogens (primary N) is 1. The maximum Gasteiger partial charge on any atom is 0.0364 e. The lowest BCUT2D eigenvalue weighted by atomic mass is 10.2. The SMILES string of the molecule is CN(C)c1cc[c]c(CN)c1. The first-order valence-electron chi connectivity index (χ1n) is 3.62. The second kappa shape index (κ2) is 3.39. The number of nitrogens with zero attached hydrogens (tertiary/aromatic N) is 1. The summed E-state index contributed by atoms with van der Waals surface area (Å²) in [4.78, 5) is 2.05. The van der Waals surface area contributed by atoms with E-state index in [9.17, 15) is 0 Å². The molecule has 0 unspecified atom stereocenters. The molecule has 0 aromatic heterocycles. The Morgan fingerprint density at radius 1 is 1.55 bits per heavy atom. The van der Waals surface area contributed by atoms with Crippen LogP contribution < -0.4 is 10.6 Å². The van der Waals surface area contributed by atoms with Crippen LogP contribution >= 0.6 is 0 Å². The van der Waals surface area contributed by atoms with Crippen LogP contribution in [0.15, 0.2) is 18.2 Å². The number of benzene rings is 1. The van der Waals surface area contributed by atoms with Crippen molar-refractivity contribution in [3.63, 3.8) is 0 Å². The highest BCUT2D eigenvalue weighted by Crippen LogP contribution is 2.11. The van der Waals surface area contributed by atoms with Gasteiger partial charge in [-0.05, 0) is 23.8 Å². The van der Waals surface area contributed by atoms with Crippen LogP contribution in [0.2, 0.25) is 0 Å². The van der Waals surface area contributed by atoms with Gasteiger partial charge in [0.25, 0.3) is 0 Å². The molecule has 2 heteroatoms. The topological polar surface area (TPSA) is 29.3 Å². The standard InChI is InChI=1S/C9H13N2/c1-11(2)9-5-3-4-8(6-9)7-10/h3,5-6H,7,10H2,1-2H3. The van der Waals surface area contributed by atoms with E-state index in [0.29, 0.717) is 6.54 Å². The molecule has 1 aromatic carbocycles. The lowest BCUT2D eigenvalue weighted by Gasteiger charge is -2.12. The van der Waals surface area contributed by atoms with Crippen molar-refractivity contribution in [2.75, 3.05) is 19.0 Å². The summed E-state index contributed by atoms with van der Waals surface area (Å²) in [7, 11) is 4.02. The monoisotopic (exact) mass is 149 g/mol. The number of rotatable bonds is 2. The Kier molecular flexibility index (Phi) is 2.49. The van der Waals surface area contributed by atoms with Crippen LogP contribution in [0.5, 0.6) is 0 Å². The van der Waals surface area contributed by atoms with Crippen molar-refractivity contribution in [1.29, 1.82) is 0 Å². The van der Waals surface area contributed by atoms with E-state index in [0.717, 1.165) is 5.56 Å². The number of anilines is 1. The largest absolute Gasteiger partial charge is 0.378 e. The summed E-state index contributed by atoms with van der Waals surface area (Å²) in [6.07, 6.45) is 0. The molecular formula is C9H13N2. The minimum Gasteiger partial charge on any atom is -0.378 e. The molecule has 0 saturated carbocycles. The van der Waals surface area contributed by atoms with Crippen molar-refractivity contribution in [3.05, 3.63) is 29.8 Å². The first-order chi connectivity index (χ1) is 5.24. The number of hydrogen-bond donors (Lipinski definition) is 1. The second-order valence-electron chi connectivity index (χ2n) is 2.67. The van der Waals surface area contributed by atoms with E-state index >= 15 is 0 Å². The zero-order valence-corrected chi connectivity index (χ0v) is 6.96. The lowest BCUT2D eigenvalue weighted by molar-refractivity contribution is 1.05. The molecule has 0 atom stereocenters. The van der Waals surface area contributed by atoms with E-state index < -0.39 is 0 Å². The molecular weight excluding hydrogens is 136 g/mol. The fourth-order valence-electron chi connectivity index (χ4n) is 0.898. The van der Waals surface area contributed by atoms with E-state index in [-0.39, 0.29) is 0 Å². The fourth-order valence-corrected chi connectivity index (χ4v) is 0.898. The van der Waals surface area contributed by atoms with E-state index in [2.05, 4.69) is 6.07 Å². The summed E-state index contributed by atoms with van der Waals surface area (Å²) in [6, 6.07) is 9.02. The Bertz CT molecular complexity index is 231. The zero-order valence-electron chi connectivity index (χ0n) is 6.96. The second-order valence-corrected chi connectivity index (χ2v) is 2.67. The summed E-state index contributed by atoms with van der Waals surface area (Å²) >= 11 is 0. The van der Waals surface area contributed by atoms with Crippen molar-refractivity contribution >= 4 is 5.69 Å². The summed E-state index contributed by atoms with van der Waals surface area (Å²) in [5.41, 5.74) is 7.69. The van der Waals surface area contributed by atoms with Crippen LogP contribution in [0.3, 0.4) is 0 Å². The summed E-state index contributed by atoms with van der Waals surface area (Å²) in [6.45, 7) is 0.557. The molecule has 0 fully saturated rings. The molecule has 2 nitrogen and oxygen atoms in total. The third-order valence-corrected chi connectivity index (χ3v) is 1.58. The average molecular weight is 149 g/mol. The summed E-state index contributed by atoms with van der Waals surface area (Å²) < 4.78 is 0. The predicted octanol–water partition coefficient (Wildman–Crippen LogP) is 1.01. The Morgan fingerprint density at radius 2 is 2.27 bits per heavy atom. The summed E-state index contributed by atoms with van der Waals surface area (Å²) in [5, 5.41) is 0. The van der Waals surface area contributed by atoms with E-state index in [1.54, 1.807) is 0 Å². The maximum atomic E-state index is 5.47. The minimum atomic E-state index is 0.557. The van der Waals surface area contributed by atoms with Crippen molar-refractivity contribution in [1.82, 2.24) is 0 Å².